The number of aromatic nitrogens is 4. The summed E-state index contributed by atoms with van der Waals surface area (Å²) in [5.41, 5.74) is 5.74. The standard InChI is InChI=1S/C29H24N6/c1-5-6-22-10-9-21(18-31)16-24(22)26-12-14-33-28(35-26)29(3,4)27-32-13-11-25(34-27)23-15-20(17-30)8-7-19(23)2/h5,7-16H,1,6H2,2-4H3. The highest BCUT2D eigenvalue weighted by Crippen LogP contribution is 2.31. The summed E-state index contributed by atoms with van der Waals surface area (Å²) in [6, 6.07) is 19.2. The van der Waals surface area contributed by atoms with Crippen LogP contribution in [0, 0.1) is 29.6 Å². The molecule has 0 aliphatic carbocycles. The second-order valence-electron chi connectivity index (χ2n) is 8.77. The van der Waals surface area contributed by atoms with Gasteiger partial charge in [-0.3, -0.25) is 0 Å². The van der Waals surface area contributed by atoms with Gasteiger partial charge in [0.05, 0.1) is 40.1 Å². The first-order chi connectivity index (χ1) is 16.9. The molecule has 0 N–H and O–H groups in total. The van der Waals surface area contributed by atoms with E-state index in [4.69, 9.17) is 9.97 Å². The summed E-state index contributed by atoms with van der Waals surface area (Å²) in [7, 11) is 0. The van der Waals surface area contributed by atoms with Crippen LogP contribution in [0.4, 0.5) is 0 Å². The van der Waals surface area contributed by atoms with Gasteiger partial charge in [0.2, 0.25) is 0 Å². The molecule has 4 rings (SSSR count). The molecule has 0 aliphatic heterocycles. The lowest BCUT2D eigenvalue weighted by Crippen LogP contribution is -2.25. The smallest absolute Gasteiger partial charge is 0.142 e. The summed E-state index contributed by atoms with van der Waals surface area (Å²) in [4.78, 5) is 18.8. The molecule has 6 heteroatoms. The van der Waals surface area contributed by atoms with Crippen molar-refractivity contribution in [1.82, 2.24) is 19.9 Å². The summed E-state index contributed by atoms with van der Waals surface area (Å²) < 4.78 is 0. The van der Waals surface area contributed by atoms with Gasteiger partial charge in [0.1, 0.15) is 11.6 Å². The van der Waals surface area contributed by atoms with Crippen LogP contribution in [-0.4, -0.2) is 19.9 Å². The van der Waals surface area contributed by atoms with Gasteiger partial charge in [-0.15, -0.1) is 6.58 Å². The van der Waals surface area contributed by atoms with Crippen molar-refractivity contribution in [2.75, 3.05) is 0 Å². The predicted molar refractivity (Wildman–Crippen MR) is 135 cm³/mol. The van der Waals surface area contributed by atoms with Crippen molar-refractivity contribution < 1.29 is 0 Å². The normalized spacial score (nSPS) is 10.9. The zero-order valence-corrected chi connectivity index (χ0v) is 19.9. The molecule has 4 aromatic rings. The minimum Gasteiger partial charge on any atom is -0.240 e. The van der Waals surface area contributed by atoms with Gasteiger partial charge in [-0.2, -0.15) is 10.5 Å². The Bertz CT molecular complexity index is 1500. The van der Waals surface area contributed by atoms with Crippen molar-refractivity contribution in [3.8, 4) is 34.7 Å². The highest BCUT2D eigenvalue weighted by molar-refractivity contribution is 5.67. The number of rotatable bonds is 6. The Morgan fingerprint density at radius 3 is 1.94 bits per heavy atom. The molecule has 170 valence electrons. The molecule has 35 heavy (non-hydrogen) atoms. The summed E-state index contributed by atoms with van der Waals surface area (Å²) in [5, 5.41) is 18.7. The average Bonchev–Trinajstić information content (AvgIpc) is 2.89. The fourth-order valence-electron chi connectivity index (χ4n) is 3.91. The van der Waals surface area contributed by atoms with E-state index in [2.05, 4.69) is 28.7 Å². The van der Waals surface area contributed by atoms with E-state index in [1.54, 1.807) is 24.5 Å². The van der Waals surface area contributed by atoms with Crippen LogP contribution in [0.5, 0.6) is 0 Å². The van der Waals surface area contributed by atoms with Gasteiger partial charge in [-0.25, -0.2) is 19.9 Å². The first-order valence-electron chi connectivity index (χ1n) is 11.2. The number of benzene rings is 2. The number of aryl methyl sites for hydroxylation is 1. The van der Waals surface area contributed by atoms with Crippen molar-refractivity contribution >= 4 is 0 Å². The van der Waals surface area contributed by atoms with Crippen LogP contribution < -0.4 is 0 Å². The van der Waals surface area contributed by atoms with Crippen LogP contribution in [0.25, 0.3) is 22.5 Å². The van der Waals surface area contributed by atoms with Gasteiger partial charge >= 0.3 is 0 Å². The quantitative estimate of drug-likeness (QED) is 0.345. The molecule has 0 aliphatic rings. The summed E-state index contributed by atoms with van der Waals surface area (Å²) >= 11 is 0. The zero-order valence-electron chi connectivity index (χ0n) is 19.9. The average molecular weight is 457 g/mol. The fourth-order valence-corrected chi connectivity index (χ4v) is 3.91. The highest BCUT2D eigenvalue weighted by atomic mass is 15.0. The van der Waals surface area contributed by atoms with Crippen LogP contribution in [0.2, 0.25) is 0 Å². The van der Waals surface area contributed by atoms with Crippen molar-refractivity contribution in [2.45, 2.75) is 32.6 Å². The largest absolute Gasteiger partial charge is 0.240 e. The number of allylic oxidation sites excluding steroid dienone is 1. The molecule has 0 saturated heterocycles. The van der Waals surface area contributed by atoms with Crippen LogP contribution in [0.3, 0.4) is 0 Å². The molecule has 0 spiro atoms. The predicted octanol–water partition coefficient (Wildman–Crippen LogP) is 5.71. The Morgan fingerprint density at radius 2 is 1.37 bits per heavy atom. The lowest BCUT2D eigenvalue weighted by atomic mass is 9.90. The SMILES string of the molecule is C=CCc1ccc(C#N)cc1-c1ccnc(C(C)(C)c2nccc(-c3cc(C#N)ccc3C)n2)n1. The minimum atomic E-state index is -0.696. The van der Waals surface area contributed by atoms with E-state index < -0.39 is 5.41 Å². The van der Waals surface area contributed by atoms with Gasteiger partial charge in [-0.1, -0.05) is 18.2 Å². The molecule has 0 amide bonds. The fraction of sp³-hybridized carbons (Fsp3) is 0.172. The number of nitrogens with zero attached hydrogens (tertiary/aromatic N) is 6. The molecular formula is C29H24N6. The maximum atomic E-state index is 9.40. The van der Waals surface area contributed by atoms with E-state index in [0.29, 0.717) is 29.2 Å². The van der Waals surface area contributed by atoms with E-state index in [9.17, 15) is 10.5 Å². The topological polar surface area (TPSA) is 99.1 Å². The van der Waals surface area contributed by atoms with E-state index in [1.807, 2.05) is 63.2 Å². The van der Waals surface area contributed by atoms with Gasteiger partial charge in [-0.05, 0) is 74.7 Å². The molecule has 0 atom stereocenters. The first kappa shape index (κ1) is 23.5. The highest BCUT2D eigenvalue weighted by Gasteiger charge is 2.30. The lowest BCUT2D eigenvalue weighted by molar-refractivity contribution is 0.550. The Kier molecular flexibility index (Phi) is 6.48. The van der Waals surface area contributed by atoms with E-state index >= 15 is 0 Å². The van der Waals surface area contributed by atoms with Gasteiger partial charge in [0.15, 0.2) is 0 Å². The third-order valence-corrected chi connectivity index (χ3v) is 5.95. The Balaban J connectivity index is 1.79. The molecule has 0 fully saturated rings. The molecule has 0 unspecified atom stereocenters. The monoisotopic (exact) mass is 456 g/mol. The van der Waals surface area contributed by atoms with Crippen LogP contribution in [-0.2, 0) is 11.8 Å². The second-order valence-corrected chi connectivity index (χ2v) is 8.77. The van der Waals surface area contributed by atoms with Gasteiger partial charge in [0.25, 0.3) is 0 Å². The Hall–Kier alpha value is -4.68. The lowest BCUT2D eigenvalue weighted by Gasteiger charge is -2.22. The molecule has 2 aromatic carbocycles. The van der Waals surface area contributed by atoms with Gasteiger partial charge in [0, 0.05) is 23.5 Å². The molecule has 0 saturated carbocycles. The van der Waals surface area contributed by atoms with Crippen molar-refractivity contribution in [3.63, 3.8) is 0 Å². The summed E-state index contributed by atoms with van der Waals surface area (Å²) in [5.74, 6) is 1.15. The van der Waals surface area contributed by atoms with Crippen molar-refractivity contribution in [2.24, 2.45) is 0 Å². The van der Waals surface area contributed by atoms with Crippen LogP contribution >= 0.6 is 0 Å². The maximum absolute atomic E-state index is 9.40. The number of nitriles is 2. The molecule has 0 bridgehead atoms. The van der Waals surface area contributed by atoms with E-state index in [0.717, 1.165) is 33.6 Å². The summed E-state index contributed by atoms with van der Waals surface area (Å²) in [6.45, 7) is 9.81. The third kappa shape index (κ3) is 4.69. The molecule has 2 aromatic heterocycles. The minimum absolute atomic E-state index is 0.568. The summed E-state index contributed by atoms with van der Waals surface area (Å²) in [6.07, 6.45) is 5.94. The molecule has 6 nitrogen and oxygen atoms in total. The van der Waals surface area contributed by atoms with Crippen molar-refractivity contribution in [1.29, 1.82) is 10.5 Å². The molecule has 2 heterocycles. The molecule has 0 radical (unpaired) electrons. The first-order valence-corrected chi connectivity index (χ1v) is 11.2. The Labute approximate surface area is 205 Å². The van der Waals surface area contributed by atoms with Crippen LogP contribution in [0.15, 0.2) is 73.6 Å². The Morgan fingerprint density at radius 1 is 0.829 bits per heavy atom. The van der Waals surface area contributed by atoms with Crippen LogP contribution in [0.1, 0.15) is 47.8 Å². The van der Waals surface area contributed by atoms with Crippen molar-refractivity contribution in [3.05, 3.63) is 107 Å². The van der Waals surface area contributed by atoms with E-state index in [-0.39, 0.29) is 0 Å². The second kappa shape index (κ2) is 9.67. The number of hydrogen-bond acceptors (Lipinski definition) is 6. The maximum Gasteiger partial charge on any atom is 0.142 e. The third-order valence-electron chi connectivity index (χ3n) is 5.95. The number of hydrogen-bond donors (Lipinski definition) is 0. The molecular weight excluding hydrogens is 432 g/mol. The zero-order chi connectivity index (χ0) is 25.0. The van der Waals surface area contributed by atoms with Gasteiger partial charge < -0.3 is 0 Å². The van der Waals surface area contributed by atoms with E-state index in [1.165, 1.54) is 0 Å².